The monoisotopic (exact) mass is 528 g/mol. The third-order valence-corrected chi connectivity index (χ3v) is 1.58. The van der Waals surface area contributed by atoms with E-state index in [9.17, 15) is 5.11 Å². The van der Waals surface area contributed by atoms with Crippen molar-refractivity contribution in [2.75, 3.05) is 6.61 Å². The molecule has 0 amide bonds. The summed E-state index contributed by atoms with van der Waals surface area (Å²) in [6.07, 6.45) is -3.36. The molecular weight excluding hydrogens is 515 g/mol. The fourth-order valence-electron chi connectivity index (χ4n) is 0.751. The number of aliphatic hydroxyl groups excluding tert-OH is 4. The summed E-state index contributed by atoms with van der Waals surface area (Å²) in [5.74, 6) is 4.76. The Morgan fingerprint density at radius 3 is 1.67 bits per heavy atom. The van der Waals surface area contributed by atoms with Gasteiger partial charge >= 0.3 is 21.1 Å². The molecule has 0 aliphatic heterocycles. The summed E-state index contributed by atoms with van der Waals surface area (Å²) in [4.78, 5) is 0. The molecule has 0 rings (SSSR count). The van der Waals surface area contributed by atoms with E-state index in [1.54, 1.807) is 0 Å². The van der Waals surface area contributed by atoms with Crippen LogP contribution < -0.4 is 61.2 Å². The Bertz CT molecular complexity index is 185. The van der Waals surface area contributed by atoms with Crippen LogP contribution in [0.5, 0.6) is 0 Å². The predicted octanol–water partition coefficient (Wildman–Crippen LogP) is -15.7. The van der Waals surface area contributed by atoms with Gasteiger partial charge in [0.1, 0.15) is 18.3 Å². The number of hydrazone groups is 1. The van der Waals surface area contributed by atoms with Crippen molar-refractivity contribution in [3.05, 3.63) is 0 Å². The van der Waals surface area contributed by atoms with E-state index in [0.29, 0.717) is 0 Å². The molecule has 12 heteroatoms. The minimum absolute atomic E-state index is 0. The van der Waals surface area contributed by atoms with Gasteiger partial charge in [-0.15, -0.1) is 0 Å². The first-order valence-electron chi connectivity index (χ1n) is 3.68. The van der Waals surface area contributed by atoms with E-state index in [0.717, 1.165) is 6.21 Å². The summed E-state index contributed by atoms with van der Waals surface area (Å²) >= 11 is 0. The third kappa shape index (κ3) is 13.5. The standard InChI is InChI=1S/C6H15N3O4.4ClH.Pt/c7-3(1-9-8)5(12)6(13)4(11)2-10;;;;;/h1,3-6,10-13H,2,7-8H2;4*1H;/q;;;;;+4/p-4/t3-,4+,5+,6+;;;;;/m0...../s1. The van der Waals surface area contributed by atoms with Crippen molar-refractivity contribution in [2.45, 2.75) is 24.4 Å². The zero-order chi connectivity index (χ0) is 10.4. The second-order valence-corrected chi connectivity index (χ2v) is 2.61. The fourth-order valence-corrected chi connectivity index (χ4v) is 0.751. The Kier molecular flexibility index (Phi) is 41.4. The number of hydrogen-bond acceptors (Lipinski definition) is 7. The van der Waals surface area contributed by atoms with Crippen molar-refractivity contribution < 1.29 is 91.1 Å². The van der Waals surface area contributed by atoms with E-state index in [-0.39, 0.29) is 70.7 Å². The van der Waals surface area contributed by atoms with Crippen LogP contribution in [-0.4, -0.2) is 57.6 Å². The van der Waals surface area contributed by atoms with Crippen molar-refractivity contribution >= 4 is 6.21 Å². The van der Waals surface area contributed by atoms with Gasteiger partial charge in [-0.05, 0) is 0 Å². The van der Waals surface area contributed by atoms with Crippen LogP contribution in [0.4, 0.5) is 0 Å². The Hall–Kier alpha value is 1.12. The summed E-state index contributed by atoms with van der Waals surface area (Å²) in [6.45, 7) is -0.662. The maximum Gasteiger partial charge on any atom is 4.00 e. The Morgan fingerprint density at radius 1 is 1.00 bits per heavy atom. The van der Waals surface area contributed by atoms with E-state index in [1.165, 1.54) is 0 Å². The Labute approximate surface area is 144 Å². The molecule has 0 aromatic rings. The average molecular weight is 530 g/mol. The van der Waals surface area contributed by atoms with Gasteiger partial charge in [-0.1, -0.05) is 0 Å². The van der Waals surface area contributed by atoms with Crippen LogP contribution in [0.1, 0.15) is 0 Å². The molecule has 0 unspecified atom stereocenters. The van der Waals surface area contributed by atoms with Crippen molar-refractivity contribution in [2.24, 2.45) is 16.7 Å². The number of nitrogens with two attached hydrogens (primary N) is 2. The molecule has 0 bridgehead atoms. The average Bonchev–Trinajstić information content (AvgIpc) is 2.14. The van der Waals surface area contributed by atoms with E-state index in [4.69, 9.17) is 26.9 Å². The number of rotatable bonds is 5. The molecule has 0 aromatic heterocycles. The first-order chi connectivity index (χ1) is 6.04. The number of aliphatic hydroxyl groups is 4. The van der Waals surface area contributed by atoms with Gasteiger partial charge in [-0.25, -0.2) is 0 Å². The smallest absolute Gasteiger partial charge is 1.00 e. The van der Waals surface area contributed by atoms with E-state index >= 15 is 0 Å². The molecule has 0 saturated heterocycles. The second-order valence-electron chi connectivity index (χ2n) is 2.61. The quantitative estimate of drug-likeness (QED) is 0.118. The minimum atomic E-state index is -1.53. The van der Waals surface area contributed by atoms with Crippen LogP contribution in [-0.2, 0) is 21.1 Å². The van der Waals surface area contributed by atoms with Gasteiger partial charge in [-0.3, -0.25) is 0 Å². The van der Waals surface area contributed by atoms with Gasteiger partial charge in [0.15, 0.2) is 0 Å². The summed E-state index contributed by atoms with van der Waals surface area (Å²) in [7, 11) is 0. The van der Waals surface area contributed by atoms with E-state index in [2.05, 4.69) is 5.10 Å². The zero-order valence-electron chi connectivity index (χ0n) is 8.81. The molecule has 8 N–H and O–H groups in total. The molecule has 0 aliphatic carbocycles. The SMILES string of the molecule is NN=C[C@H](N)[C@@H](O)[C@H](O)[C@H](O)CO.[Cl-].[Cl-].[Cl-].[Cl-].[Pt+4]. The van der Waals surface area contributed by atoms with Crippen LogP contribution in [0, 0.1) is 0 Å². The van der Waals surface area contributed by atoms with Gasteiger partial charge in [0.25, 0.3) is 0 Å². The third-order valence-electron chi connectivity index (χ3n) is 1.58. The topological polar surface area (TPSA) is 145 Å². The van der Waals surface area contributed by atoms with Gasteiger partial charge in [0, 0.05) is 6.21 Å². The first-order valence-corrected chi connectivity index (χ1v) is 3.68. The molecule has 0 spiro atoms. The molecule has 0 fully saturated rings. The summed E-state index contributed by atoms with van der Waals surface area (Å²) in [6, 6.07) is -0.985. The summed E-state index contributed by atoms with van der Waals surface area (Å²) in [5.41, 5.74) is 5.29. The molecule has 0 radical (unpaired) electrons. The molecule has 0 aliphatic rings. The maximum atomic E-state index is 9.23. The van der Waals surface area contributed by atoms with Crippen LogP contribution in [0.2, 0.25) is 0 Å². The molecule has 116 valence electrons. The Balaban J connectivity index is -0.0000000720. The Morgan fingerprint density at radius 2 is 1.39 bits per heavy atom. The number of nitrogens with zero attached hydrogens (tertiary/aromatic N) is 1. The zero-order valence-corrected chi connectivity index (χ0v) is 14.1. The van der Waals surface area contributed by atoms with Gasteiger partial charge in [0.2, 0.25) is 0 Å². The molecule has 7 nitrogen and oxygen atoms in total. The molecular formula is C6H15Cl4N3O4Pt. The van der Waals surface area contributed by atoms with Gasteiger partial charge < -0.3 is 81.6 Å². The van der Waals surface area contributed by atoms with Crippen LogP contribution >= 0.6 is 0 Å². The fraction of sp³-hybridized carbons (Fsp3) is 0.833. The molecule has 0 saturated carbocycles. The summed E-state index contributed by atoms with van der Waals surface area (Å²) in [5, 5.41) is 38.8. The van der Waals surface area contributed by atoms with Gasteiger partial charge in [0.05, 0.1) is 12.6 Å². The van der Waals surface area contributed by atoms with Crippen molar-refractivity contribution in [3.8, 4) is 0 Å². The molecule has 4 atom stereocenters. The molecule has 0 aromatic carbocycles. The predicted molar refractivity (Wildman–Crippen MR) is 45.8 cm³/mol. The first kappa shape index (κ1) is 36.5. The normalized spacial score (nSPS) is 15.4. The maximum absolute atomic E-state index is 9.23. The van der Waals surface area contributed by atoms with Crippen LogP contribution in [0.15, 0.2) is 5.10 Å². The van der Waals surface area contributed by atoms with Crippen molar-refractivity contribution in [3.63, 3.8) is 0 Å². The van der Waals surface area contributed by atoms with Gasteiger partial charge in [-0.2, -0.15) is 5.10 Å². The second kappa shape index (κ2) is 20.4. The van der Waals surface area contributed by atoms with Crippen molar-refractivity contribution in [1.29, 1.82) is 0 Å². The van der Waals surface area contributed by atoms with Crippen LogP contribution in [0.25, 0.3) is 0 Å². The van der Waals surface area contributed by atoms with Crippen molar-refractivity contribution in [1.82, 2.24) is 0 Å². The van der Waals surface area contributed by atoms with Crippen LogP contribution in [0.3, 0.4) is 0 Å². The van der Waals surface area contributed by atoms with E-state index in [1.807, 2.05) is 0 Å². The summed E-state index contributed by atoms with van der Waals surface area (Å²) < 4.78 is 0. The largest absolute Gasteiger partial charge is 4.00 e. The number of halogens is 4. The molecule has 0 heterocycles. The van der Waals surface area contributed by atoms with E-state index < -0.39 is 31.0 Å². The minimum Gasteiger partial charge on any atom is -1.00 e. The molecule has 18 heavy (non-hydrogen) atoms. The number of hydrogen-bond donors (Lipinski definition) is 6.